The number of amides is 1. The Kier molecular flexibility index (Phi) is 9.17. The molecule has 2 aliphatic rings. The van der Waals surface area contributed by atoms with Gasteiger partial charge in [0.05, 0.1) is 11.7 Å². The second kappa shape index (κ2) is 13.1. The SMILES string of the molecule is CC(C)OC(=O)c1ccc(CN2CCC(CC(=O)Nc3nnc(N[C@@H]4CCN(c5cccnn5)C4)s3)CC2)cc1. The second-order valence-corrected chi connectivity index (χ2v) is 11.7. The molecule has 4 heterocycles. The number of ether oxygens (including phenoxy) is 1. The van der Waals surface area contributed by atoms with Crippen molar-refractivity contribution in [3.63, 3.8) is 0 Å². The van der Waals surface area contributed by atoms with Crippen LogP contribution >= 0.6 is 11.3 Å². The van der Waals surface area contributed by atoms with E-state index in [2.05, 4.69) is 40.8 Å². The van der Waals surface area contributed by atoms with Crippen molar-refractivity contribution in [3.8, 4) is 0 Å². The van der Waals surface area contributed by atoms with Crippen LogP contribution < -0.4 is 15.5 Å². The van der Waals surface area contributed by atoms with Crippen LogP contribution in [-0.2, 0) is 16.1 Å². The molecule has 212 valence electrons. The number of carbonyl (C=O) groups excluding carboxylic acids is 2. The summed E-state index contributed by atoms with van der Waals surface area (Å²) in [7, 11) is 0. The number of hydrogen-bond acceptors (Lipinski definition) is 11. The summed E-state index contributed by atoms with van der Waals surface area (Å²) < 4.78 is 5.26. The highest BCUT2D eigenvalue weighted by Crippen LogP contribution is 2.26. The van der Waals surface area contributed by atoms with E-state index in [4.69, 9.17) is 4.74 Å². The van der Waals surface area contributed by atoms with Crippen LogP contribution in [0.2, 0.25) is 0 Å². The third kappa shape index (κ3) is 7.72. The number of aromatic nitrogens is 4. The Hall–Kier alpha value is -3.64. The van der Waals surface area contributed by atoms with Crippen LogP contribution in [0.5, 0.6) is 0 Å². The molecule has 1 aromatic carbocycles. The predicted molar refractivity (Wildman–Crippen MR) is 154 cm³/mol. The normalized spacial score (nSPS) is 18.2. The van der Waals surface area contributed by atoms with Gasteiger partial charge in [-0.2, -0.15) is 5.10 Å². The first kappa shape index (κ1) is 27.9. The van der Waals surface area contributed by atoms with Crippen molar-refractivity contribution in [2.24, 2.45) is 5.92 Å². The first-order chi connectivity index (χ1) is 19.4. The number of hydrogen-bond donors (Lipinski definition) is 2. The maximum absolute atomic E-state index is 12.7. The molecule has 2 aromatic heterocycles. The van der Waals surface area contributed by atoms with Crippen LogP contribution in [0.3, 0.4) is 0 Å². The molecule has 2 N–H and O–H groups in total. The molecule has 12 heteroatoms. The predicted octanol–water partition coefficient (Wildman–Crippen LogP) is 3.82. The fraction of sp³-hybridized carbons (Fsp3) is 0.500. The molecular weight excluding hydrogens is 528 g/mol. The van der Waals surface area contributed by atoms with E-state index in [1.165, 1.54) is 11.3 Å². The van der Waals surface area contributed by atoms with E-state index in [0.29, 0.717) is 28.2 Å². The maximum Gasteiger partial charge on any atom is 0.338 e. The summed E-state index contributed by atoms with van der Waals surface area (Å²) in [4.78, 5) is 29.3. The van der Waals surface area contributed by atoms with E-state index in [1.807, 2.05) is 50.2 Å². The van der Waals surface area contributed by atoms with E-state index in [0.717, 1.165) is 63.4 Å². The summed E-state index contributed by atoms with van der Waals surface area (Å²) in [6, 6.07) is 11.7. The van der Waals surface area contributed by atoms with Crippen molar-refractivity contribution in [2.45, 2.75) is 58.2 Å². The molecule has 2 fully saturated rings. The second-order valence-electron chi connectivity index (χ2n) is 10.7. The van der Waals surface area contributed by atoms with Gasteiger partial charge in [0, 0.05) is 38.3 Å². The fourth-order valence-electron chi connectivity index (χ4n) is 5.12. The summed E-state index contributed by atoms with van der Waals surface area (Å²) in [5.74, 6) is 0.920. The molecule has 3 aromatic rings. The van der Waals surface area contributed by atoms with Crippen molar-refractivity contribution in [2.75, 3.05) is 41.7 Å². The lowest BCUT2D eigenvalue weighted by atomic mass is 9.93. The van der Waals surface area contributed by atoms with Crippen molar-refractivity contribution in [1.29, 1.82) is 0 Å². The number of piperidine rings is 1. The quantitative estimate of drug-likeness (QED) is 0.351. The Morgan fingerprint density at radius 1 is 1.02 bits per heavy atom. The van der Waals surface area contributed by atoms with Crippen molar-refractivity contribution in [3.05, 3.63) is 53.7 Å². The monoisotopic (exact) mass is 564 g/mol. The third-order valence-corrected chi connectivity index (χ3v) is 7.96. The van der Waals surface area contributed by atoms with Gasteiger partial charge in [-0.25, -0.2) is 4.79 Å². The van der Waals surface area contributed by atoms with Crippen LogP contribution in [0.25, 0.3) is 0 Å². The Morgan fingerprint density at radius 2 is 1.80 bits per heavy atom. The fourth-order valence-corrected chi connectivity index (χ4v) is 5.86. The van der Waals surface area contributed by atoms with E-state index < -0.39 is 0 Å². The van der Waals surface area contributed by atoms with Crippen molar-refractivity contribution < 1.29 is 14.3 Å². The van der Waals surface area contributed by atoms with Gasteiger partial charge in [-0.15, -0.1) is 15.3 Å². The molecule has 2 aliphatic heterocycles. The summed E-state index contributed by atoms with van der Waals surface area (Å²) in [5.41, 5.74) is 1.74. The van der Waals surface area contributed by atoms with E-state index in [-0.39, 0.29) is 24.0 Å². The third-order valence-electron chi connectivity index (χ3n) is 7.19. The number of nitrogens with zero attached hydrogens (tertiary/aromatic N) is 6. The highest BCUT2D eigenvalue weighted by Gasteiger charge is 2.25. The average Bonchev–Trinajstić information content (AvgIpc) is 3.60. The van der Waals surface area contributed by atoms with Crippen LogP contribution in [0.1, 0.15) is 55.5 Å². The molecule has 5 rings (SSSR count). The first-order valence-electron chi connectivity index (χ1n) is 13.9. The Labute approximate surface area is 238 Å². The molecule has 40 heavy (non-hydrogen) atoms. The van der Waals surface area contributed by atoms with Crippen LogP contribution in [-0.4, -0.2) is 75.5 Å². The molecule has 0 bridgehead atoms. The minimum Gasteiger partial charge on any atom is -0.459 e. The van der Waals surface area contributed by atoms with Gasteiger partial charge in [0.1, 0.15) is 0 Å². The highest BCUT2D eigenvalue weighted by atomic mass is 32.1. The summed E-state index contributed by atoms with van der Waals surface area (Å²) in [6.45, 7) is 8.12. The molecule has 0 spiro atoms. The summed E-state index contributed by atoms with van der Waals surface area (Å²) >= 11 is 1.37. The molecule has 0 saturated carbocycles. The Morgan fingerprint density at radius 3 is 2.52 bits per heavy atom. The topological polar surface area (TPSA) is 125 Å². The molecule has 0 aliphatic carbocycles. The maximum atomic E-state index is 12.7. The van der Waals surface area contributed by atoms with Crippen LogP contribution in [0.15, 0.2) is 42.6 Å². The van der Waals surface area contributed by atoms with E-state index in [9.17, 15) is 9.59 Å². The number of rotatable bonds is 10. The zero-order valence-corrected chi connectivity index (χ0v) is 23.8. The minimum absolute atomic E-state index is 0.0142. The minimum atomic E-state index is -0.290. The Bertz CT molecular complexity index is 1260. The summed E-state index contributed by atoms with van der Waals surface area (Å²) in [5, 5.41) is 24.1. The smallest absolute Gasteiger partial charge is 0.338 e. The number of nitrogens with one attached hydrogen (secondary N) is 2. The lowest BCUT2D eigenvalue weighted by molar-refractivity contribution is -0.117. The van der Waals surface area contributed by atoms with Crippen LogP contribution in [0, 0.1) is 5.92 Å². The van der Waals surface area contributed by atoms with E-state index in [1.54, 1.807) is 6.20 Å². The van der Waals surface area contributed by atoms with Gasteiger partial charge in [-0.3, -0.25) is 9.69 Å². The number of likely N-dealkylation sites (tertiary alicyclic amines) is 1. The number of esters is 1. The van der Waals surface area contributed by atoms with Crippen LogP contribution in [0.4, 0.5) is 16.1 Å². The van der Waals surface area contributed by atoms with Gasteiger partial charge in [-0.1, -0.05) is 23.5 Å². The number of benzene rings is 1. The molecule has 1 atom stereocenters. The molecule has 0 radical (unpaired) electrons. The first-order valence-corrected chi connectivity index (χ1v) is 14.7. The Balaban J connectivity index is 1.01. The lowest BCUT2D eigenvalue weighted by Gasteiger charge is -2.31. The van der Waals surface area contributed by atoms with Gasteiger partial charge in [-0.05, 0) is 81.9 Å². The average molecular weight is 565 g/mol. The molecule has 0 unspecified atom stereocenters. The van der Waals surface area contributed by atoms with Gasteiger partial charge < -0.3 is 20.3 Å². The van der Waals surface area contributed by atoms with Gasteiger partial charge >= 0.3 is 5.97 Å². The zero-order valence-electron chi connectivity index (χ0n) is 23.0. The van der Waals surface area contributed by atoms with Crippen molar-refractivity contribution >= 4 is 39.3 Å². The van der Waals surface area contributed by atoms with Gasteiger partial charge in [0.15, 0.2) is 5.82 Å². The van der Waals surface area contributed by atoms with Crippen molar-refractivity contribution in [1.82, 2.24) is 25.3 Å². The standard InChI is InChI=1S/C28H36N8O3S/c1-19(2)39-26(38)22-7-5-21(6-8-22)17-35-13-9-20(10-14-35)16-25(37)31-28-34-33-27(40-28)30-23-11-15-36(18-23)24-4-3-12-29-32-24/h3-8,12,19-20,23H,9-11,13-18H2,1-2H3,(H,30,33)(H,31,34,37)/t23-/m1/s1. The molecule has 11 nitrogen and oxygen atoms in total. The van der Waals surface area contributed by atoms with E-state index >= 15 is 0 Å². The molecular formula is C28H36N8O3S. The largest absolute Gasteiger partial charge is 0.459 e. The zero-order chi connectivity index (χ0) is 27.9. The molecule has 2 saturated heterocycles. The summed E-state index contributed by atoms with van der Waals surface area (Å²) in [6.07, 6.45) is 4.94. The lowest BCUT2D eigenvalue weighted by Crippen LogP contribution is -2.34. The van der Waals surface area contributed by atoms with Gasteiger partial charge in [0.2, 0.25) is 16.2 Å². The highest BCUT2D eigenvalue weighted by molar-refractivity contribution is 7.19. The number of carbonyl (C=O) groups is 2. The number of anilines is 3. The van der Waals surface area contributed by atoms with Gasteiger partial charge in [0.25, 0.3) is 0 Å². The molecule has 1 amide bonds.